The van der Waals surface area contributed by atoms with E-state index in [0.29, 0.717) is 25.0 Å². The summed E-state index contributed by atoms with van der Waals surface area (Å²) < 4.78 is 43.4. The molecule has 2 atom stereocenters. The maximum absolute atomic E-state index is 12.8. The third-order valence-electron chi connectivity index (χ3n) is 3.97. The molecule has 1 aromatic rings. The predicted molar refractivity (Wildman–Crippen MR) is 76.4 cm³/mol. The van der Waals surface area contributed by atoms with E-state index in [1.807, 2.05) is 6.07 Å². The van der Waals surface area contributed by atoms with Gasteiger partial charge >= 0.3 is 6.18 Å². The maximum atomic E-state index is 12.8. The number of carbonyl (C=O) groups is 1. The molecule has 1 fully saturated rings. The van der Waals surface area contributed by atoms with Gasteiger partial charge in [-0.1, -0.05) is 18.6 Å². The number of benzene rings is 1. The molecule has 1 aromatic carbocycles. The summed E-state index contributed by atoms with van der Waals surface area (Å²) in [5.41, 5.74) is 1.30. The molecule has 0 saturated heterocycles. The number of hydrogen-bond acceptors (Lipinski definition) is 2. The maximum Gasteiger partial charge on any atom is 0.391 e. The van der Waals surface area contributed by atoms with Crippen LogP contribution in [0.5, 0.6) is 0 Å². The summed E-state index contributed by atoms with van der Waals surface area (Å²) in [6.07, 6.45) is -2.98. The largest absolute Gasteiger partial charge is 0.391 e. The van der Waals surface area contributed by atoms with Gasteiger partial charge in [-0.2, -0.15) is 13.2 Å². The molecule has 22 heavy (non-hydrogen) atoms. The van der Waals surface area contributed by atoms with E-state index in [1.165, 1.54) is 0 Å². The van der Waals surface area contributed by atoms with Crippen molar-refractivity contribution in [1.29, 1.82) is 0 Å². The Kier molecular flexibility index (Phi) is 5.45. The van der Waals surface area contributed by atoms with E-state index in [9.17, 15) is 18.0 Å². The molecular formula is C16H20F3NO2. The number of methoxy groups -OCH3 is 1. The van der Waals surface area contributed by atoms with Gasteiger partial charge in [-0.15, -0.1) is 0 Å². The van der Waals surface area contributed by atoms with E-state index >= 15 is 0 Å². The van der Waals surface area contributed by atoms with Gasteiger partial charge in [0.1, 0.15) is 0 Å². The van der Waals surface area contributed by atoms with Crippen LogP contribution in [-0.4, -0.2) is 25.2 Å². The number of hydrogen-bond donors (Lipinski definition) is 1. The molecule has 6 heteroatoms. The second kappa shape index (κ2) is 7.13. The van der Waals surface area contributed by atoms with Crippen LogP contribution in [0, 0.1) is 5.92 Å². The predicted octanol–water partition coefficient (Wildman–Crippen LogP) is 3.68. The van der Waals surface area contributed by atoms with Crippen LogP contribution in [0.3, 0.4) is 0 Å². The Morgan fingerprint density at radius 2 is 2.14 bits per heavy atom. The first-order chi connectivity index (χ1) is 10.4. The summed E-state index contributed by atoms with van der Waals surface area (Å²) in [7, 11) is 1.56. The van der Waals surface area contributed by atoms with Gasteiger partial charge in [0.2, 0.25) is 0 Å². The number of rotatable bonds is 4. The topological polar surface area (TPSA) is 38.3 Å². The molecule has 0 aliphatic heterocycles. The van der Waals surface area contributed by atoms with Crippen molar-refractivity contribution in [2.75, 3.05) is 7.11 Å². The number of amides is 1. The lowest BCUT2D eigenvalue weighted by molar-refractivity contribution is -0.183. The molecule has 0 heterocycles. The monoisotopic (exact) mass is 315 g/mol. The van der Waals surface area contributed by atoms with Crippen LogP contribution in [0.25, 0.3) is 0 Å². The summed E-state index contributed by atoms with van der Waals surface area (Å²) in [4.78, 5) is 12.2. The van der Waals surface area contributed by atoms with E-state index in [4.69, 9.17) is 4.74 Å². The Bertz CT molecular complexity index is 516. The fourth-order valence-corrected chi connectivity index (χ4v) is 2.86. The number of alkyl halides is 3. The SMILES string of the molecule is COCc1cccc(C(=O)N[C@H]2CCC[C@H](C(F)(F)F)C2)c1. The molecule has 1 N–H and O–H groups in total. The zero-order valence-electron chi connectivity index (χ0n) is 12.5. The molecule has 0 radical (unpaired) electrons. The standard InChI is InChI=1S/C16H20F3NO2/c1-22-10-11-4-2-5-12(8-11)15(21)20-14-7-3-6-13(9-14)16(17,18)19/h2,4-5,8,13-14H,3,6-7,9-10H2,1H3,(H,20,21)/t13-,14-/m0/s1. The molecule has 0 aromatic heterocycles. The minimum atomic E-state index is -4.18. The molecule has 1 aliphatic rings. The van der Waals surface area contributed by atoms with Gasteiger partial charge in [0.05, 0.1) is 12.5 Å². The van der Waals surface area contributed by atoms with Crippen LogP contribution < -0.4 is 5.32 Å². The van der Waals surface area contributed by atoms with Gasteiger partial charge in [0, 0.05) is 18.7 Å². The van der Waals surface area contributed by atoms with Gasteiger partial charge < -0.3 is 10.1 Å². The number of halogens is 3. The molecule has 2 rings (SSSR count). The van der Waals surface area contributed by atoms with E-state index in [0.717, 1.165) is 5.56 Å². The van der Waals surface area contributed by atoms with Crippen LogP contribution in [0.2, 0.25) is 0 Å². The lowest BCUT2D eigenvalue weighted by Gasteiger charge is -2.31. The number of nitrogens with one attached hydrogen (secondary N) is 1. The van der Waals surface area contributed by atoms with Crippen LogP contribution in [0.15, 0.2) is 24.3 Å². The molecule has 3 nitrogen and oxygen atoms in total. The van der Waals surface area contributed by atoms with Crippen LogP contribution in [-0.2, 0) is 11.3 Å². The van der Waals surface area contributed by atoms with Gasteiger partial charge in [-0.05, 0) is 37.0 Å². The van der Waals surface area contributed by atoms with Crippen molar-refractivity contribution >= 4 is 5.91 Å². The minimum absolute atomic E-state index is 0.0347. The third kappa shape index (κ3) is 4.47. The molecular weight excluding hydrogens is 295 g/mol. The van der Waals surface area contributed by atoms with Crippen molar-refractivity contribution in [3.63, 3.8) is 0 Å². The zero-order chi connectivity index (χ0) is 16.2. The molecule has 1 amide bonds. The van der Waals surface area contributed by atoms with Crippen molar-refractivity contribution in [3.8, 4) is 0 Å². The first-order valence-corrected chi connectivity index (χ1v) is 7.35. The summed E-state index contributed by atoms with van der Waals surface area (Å²) in [6.45, 7) is 0.390. The zero-order valence-corrected chi connectivity index (χ0v) is 12.5. The van der Waals surface area contributed by atoms with Crippen molar-refractivity contribution in [3.05, 3.63) is 35.4 Å². The first kappa shape index (κ1) is 16.8. The highest BCUT2D eigenvalue weighted by molar-refractivity contribution is 5.94. The van der Waals surface area contributed by atoms with E-state index in [1.54, 1.807) is 25.3 Å². The fraction of sp³-hybridized carbons (Fsp3) is 0.562. The Hall–Kier alpha value is -1.56. The van der Waals surface area contributed by atoms with Gasteiger partial charge in [0.25, 0.3) is 5.91 Å². The average molecular weight is 315 g/mol. The summed E-state index contributed by atoms with van der Waals surface area (Å²) in [5.74, 6) is -1.64. The average Bonchev–Trinajstić information content (AvgIpc) is 2.47. The van der Waals surface area contributed by atoms with E-state index < -0.39 is 18.1 Å². The lowest BCUT2D eigenvalue weighted by atomic mass is 9.85. The third-order valence-corrected chi connectivity index (χ3v) is 3.97. The van der Waals surface area contributed by atoms with Crippen molar-refractivity contribution in [1.82, 2.24) is 5.32 Å². The molecule has 1 saturated carbocycles. The Morgan fingerprint density at radius 1 is 1.36 bits per heavy atom. The van der Waals surface area contributed by atoms with Gasteiger partial charge in [-0.25, -0.2) is 0 Å². The molecule has 0 bridgehead atoms. The molecule has 0 spiro atoms. The first-order valence-electron chi connectivity index (χ1n) is 7.35. The highest BCUT2D eigenvalue weighted by Crippen LogP contribution is 2.37. The smallest absolute Gasteiger partial charge is 0.380 e. The molecule has 122 valence electrons. The van der Waals surface area contributed by atoms with Gasteiger partial charge in [0.15, 0.2) is 0 Å². The Balaban J connectivity index is 1.98. The summed E-state index contributed by atoms with van der Waals surface area (Å²) >= 11 is 0. The van der Waals surface area contributed by atoms with Crippen LogP contribution in [0.4, 0.5) is 13.2 Å². The van der Waals surface area contributed by atoms with Crippen molar-refractivity contribution in [2.45, 2.75) is 44.5 Å². The lowest BCUT2D eigenvalue weighted by Crippen LogP contribution is -2.41. The minimum Gasteiger partial charge on any atom is -0.380 e. The highest BCUT2D eigenvalue weighted by Gasteiger charge is 2.42. The Labute approximate surface area is 127 Å². The Morgan fingerprint density at radius 3 is 2.82 bits per heavy atom. The van der Waals surface area contributed by atoms with E-state index in [-0.39, 0.29) is 18.7 Å². The summed E-state index contributed by atoms with van der Waals surface area (Å²) in [6, 6.07) is 6.50. The van der Waals surface area contributed by atoms with Crippen molar-refractivity contribution < 1.29 is 22.7 Å². The van der Waals surface area contributed by atoms with Crippen LogP contribution in [0.1, 0.15) is 41.6 Å². The highest BCUT2D eigenvalue weighted by atomic mass is 19.4. The van der Waals surface area contributed by atoms with Crippen molar-refractivity contribution in [2.24, 2.45) is 5.92 Å². The van der Waals surface area contributed by atoms with Crippen LogP contribution >= 0.6 is 0 Å². The molecule has 0 unspecified atom stereocenters. The van der Waals surface area contributed by atoms with Gasteiger partial charge in [-0.3, -0.25) is 4.79 Å². The van der Waals surface area contributed by atoms with E-state index in [2.05, 4.69) is 5.32 Å². The number of ether oxygens (including phenoxy) is 1. The quantitative estimate of drug-likeness (QED) is 0.920. The second-order valence-electron chi connectivity index (χ2n) is 5.71. The summed E-state index contributed by atoms with van der Waals surface area (Å²) in [5, 5.41) is 2.73. The normalized spacial score (nSPS) is 22.4. The fourth-order valence-electron chi connectivity index (χ4n) is 2.86. The molecule has 1 aliphatic carbocycles. The second-order valence-corrected chi connectivity index (χ2v) is 5.71. The number of carbonyl (C=O) groups excluding carboxylic acids is 1.